The lowest BCUT2D eigenvalue weighted by molar-refractivity contribution is 0.682. The lowest BCUT2D eigenvalue weighted by atomic mass is 9.88. The highest BCUT2D eigenvalue weighted by Crippen LogP contribution is 2.31. The lowest BCUT2D eigenvalue weighted by Crippen LogP contribution is -2.14. The van der Waals surface area contributed by atoms with Crippen molar-refractivity contribution in [1.29, 1.82) is 0 Å². The van der Waals surface area contributed by atoms with E-state index in [1.807, 2.05) is 12.1 Å². The van der Waals surface area contributed by atoms with Crippen molar-refractivity contribution in [3.05, 3.63) is 67.6 Å². The summed E-state index contributed by atoms with van der Waals surface area (Å²) in [5, 5.41) is 0. The molecule has 2 aromatic carbocycles. The van der Waals surface area contributed by atoms with Gasteiger partial charge in [0.2, 0.25) is 0 Å². The van der Waals surface area contributed by atoms with E-state index < -0.39 is 0 Å². The van der Waals surface area contributed by atoms with E-state index in [-0.39, 0.29) is 6.04 Å². The number of nitrogens with two attached hydrogens (primary N) is 1. The molecule has 3 rings (SSSR count). The first-order valence-electron chi connectivity index (χ1n) is 6.97. The first-order chi connectivity index (χ1) is 9.65. The molecule has 1 unspecified atom stereocenters. The van der Waals surface area contributed by atoms with Crippen LogP contribution >= 0.6 is 31.9 Å². The summed E-state index contributed by atoms with van der Waals surface area (Å²) in [5.41, 5.74) is 11.8. The number of halogens is 2. The van der Waals surface area contributed by atoms with Crippen molar-refractivity contribution in [2.75, 3.05) is 0 Å². The maximum absolute atomic E-state index is 6.47. The van der Waals surface area contributed by atoms with Crippen LogP contribution in [-0.2, 0) is 12.8 Å². The van der Waals surface area contributed by atoms with Gasteiger partial charge in [-0.1, -0.05) is 50.1 Å². The van der Waals surface area contributed by atoms with Crippen LogP contribution in [0.2, 0.25) is 0 Å². The van der Waals surface area contributed by atoms with Crippen LogP contribution in [0.3, 0.4) is 0 Å². The molecular weight excluding hydrogens is 378 g/mol. The van der Waals surface area contributed by atoms with E-state index in [1.165, 1.54) is 42.4 Å². The van der Waals surface area contributed by atoms with Crippen LogP contribution in [-0.4, -0.2) is 0 Å². The molecule has 0 aromatic heterocycles. The average molecular weight is 395 g/mol. The largest absolute Gasteiger partial charge is 0.320 e. The molecule has 0 radical (unpaired) electrons. The van der Waals surface area contributed by atoms with E-state index in [4.69, 9.17) is 5.73 Å². The summed E-state index contributed by atoms with van der Waals surface area (Å²) in [6.07, 6.45) is 5.02. The molecule has 1 atom stereocenters. The first-order valence-corrected chi connectivity index (χ1v) is 8.56. The number of hydrogen-bond donors (Lipinski definition) is 1. The van der Waals surface area contributed by atoms with Gasteiger partial charge in [-0.25, -0.2) is 0 Å². The van der Waals surface area contributed by atoms with Gasteiger partial charge in [0.05, 0.1) is 6.04 Å². The zero-order chi connectivity index (χ0) is 14.1. The van der Waals surface area contributed by atoms with Gasteiger partial charge in [0, 0.05) is 8.95 Å². The minimum atomic E-state index is -0.0888. The second kappa shape index (κ2) is 6.00. The molecule has 0 heterocycles. The van der Waals surface area contributed by atoms with Gasteiger partial charge in [-0.3, -0.25) is 0 Å². The summed E-state index contributed by atoms with van der Waals surface area (Å²) in [5.74, 6) is 0. The van der Waals surface area contributed by atoms with Crippen molar-refractivity contribution in [2.45, 2.75) is 31.7 Å². The zero-order valence-electron chi connectivity index (χ0n) is 11.2. The van der Waals surface area contributed by atoms with Gasteiger partial charge in [0.1, 0.15) is 0 Å². The van der Waals surface area contributed by atoms with Crippen molar-refractivity contribution in [3.8, 4) is 0 Å². The molecule has 1 aliphatic carbocycles. The molecule has 104 valence electrons. The van der Waals surface area contributed by atoms with Gasteiger partial charge in [0.15, 0.2) is 0 Å². The van der Waals surface area contributed by atoms with Gasteiger partial charge in [-0.2, -0.15) is 0 Å². The van der Waals surface area contributed by atoms with Crippen LogP contribution in [0.25, 0.3) is 0 Å². The minimum absolute atomic E-state index is 0.0888. The van der Waals surface area contributed by atoms with Crippen LogP contribution < -0.4 is 5.73 Å². The molecule has 1 nitrogen and oxygen atoms in total. The van der Waals surface area contributed by atoms with E-state index in [1.54, 1.807) is 0 Å². The molecule has 0 amide bonds. The topological polar surface area (TPSA) is 26.0 Å². The number of hydrogen-bond acceptors (Lipinski definition) is 1. The zero-order valence-corrected chi connectivity index (χ0v) is 14.4. The third-order valence-corrected chi connectivity index (χ3v) is 5.24. The van der Waals surface area contributed by atoms with Crippen molar-refractivity contribution in [1.82, 2.24) is 0 Å². The molecule has 3 heteroatoms. The van der Waals surface area contributed by atoms with Crippen LogP contribution in [0.4, 0.5) is 0 Å². The standard InChI is InChI=1S/C17H17Br2N/c18-14-7-8-16(19)15(10-14)17(20)13-6-5-11-3-1-2-4-12(11)9-13/h5-10,17H,1-4,20H2. The third-order valence-electron chi connectivity index (χ3n) is 4.02. The van der Waals surface area contributed by atoms with Gasteiger partial charge < -0.3 is 5.73 Å². The summed E-state index contributed by atoms with van der Waals surface area (Å²) >= 11 is 7.12. The van der Waals surface area contributed by atoms with Crippen molar-refractivity contribution < 1.29 is 0 Å². The smallest absolute Gasteiger partial charge is 0.0563 e. The molecular formula is C17H17Br2N. The number of fused-ring (bicyclic) bond motifs is 1. The molecule has 0 spiro atoms. The SMILES string of the molecule is NC(c1ccc2c(c1)CCCC2)c1cc(Br)ccc1Br. The Balaban J connectivity index is 1.97. The van der Waals surface area contributed by atoms with Crippen LogP contribution in [0, 0.1) is 0 Å². The highest BCUT2D eigenvalue weighted by molar-refractivity contribution is 9.11. The number of rotatable bonds is 2. The molecule has 0 fully saturated rings. The highest BCUT2D eigenvalue weighted by Gasteiger charge is 2.16. The maximum Gasteiger partial charge on any atom is 0.0563 e. The maximum atomic E-state index is 6.47. The Morgan fingerprint density at radius 3 is 2.45 bits per heavy atom. The van der Waals surface area contributed by atoms with Crippen LogP contribution in [0.5, 0.6) is 0 Å². The van der Waals surface area contributed by atoms with Gasteiger partial charge in [-0.05, 0) is 66.1 Å². The molecule has 20 heavy (non-hydrogen) atoms. The monoisotopic (exact) mass is 393 g/mol. The van der Waals surface area contributed by atoms with E-state index in [9.17, 15) is 0 Å². The van der Waals surface area contributed by atoms with Crippen LogP contribution in [0.15, 0.2) is 45.3 Å². The summed E-state index contributed by atoms with van der Waals surface area (Å²) < 4.78 is 2.12. The Hall–Kier alpha value is -0.640. The molecule has 0 saturated carbocycles. The predicted octanol–water partition coefficient (Wildman–Crippen LogP) is 5.14. The van der Waals surface area contributed by atoms with E-state index in [2.05, 4.69) is 56.1 Å². The number of benzene rings is 2. The summed E-state index contributed by atoms with van der Waals surface area (Å²) in [6, 6.07) is 12.8. The second-order valence-electron chi connectivity index (χ2n) is 5.38. The van der Waals surface area contributed by atoms with E-state index >= 15 is 0 Å². The molecule has 1 aliphatic rings. The summed E-state index contributed by atoms with van der Waals surface area (Å²) in [6.45, 7) is 0. The van der Waals surface area contributed by atoms with E-state index in [0.717, 1.165) is 14.5 Å². The van der Waals surface area contributed by atoms with Gasteiger partial charge in [-0.15, -0.1) is 0 Å². The van der Waals surface area contributed by atoms with Crippen molar-refractivity contribution in [3.63, 3.8) is 0 Å². The molecule has 0 bridgehead atoms. The fraction of sp³-hybridized carbons (Fsp3) is 0.294. The second-order valence-corrected chi connectivity index (χ2v) is 7.15. The molecule has 2 aromatic rings. The first kappa shape index (κ1) is 14.3. The van der Waals surface area contributed by atoms with Crippen molar-refractivity contribution in [2.24, 2.45) is 5.73 Å². The fourth-order valence-corrected chi connectivity index (χ4v) is 3.75. The summed E-state index contributed by atoms with van der Waals surface area (Å²) in [7, 11) is 0. The van der Waals surface area contributed by atoms with E-state index in [0.29, 0.717) is 0 Å². The Labute approximate surface area is 136 Å². The Kier molecular flexibility index (Phi) is 4.29. The Morgan fingerprint density at radius 1 is 0.900 bits per heavy atom. The normalized spacial score (nSPS) is 15.8. The average Bonchev–Trinajstić information content (AvgIpc) is 2.48. The van der Waals surface area contributed by atoms with Gasteiger partial charge >= 0.3 is 0 Å². The predicted molar refractivity (Wildman–Crippen MR) is 91.0 cm³/mol. The quantitative estimate of drug-likeness (QED) is 0.749. The van der Waals surface area contributed by atoms with Crippen LogP contribution in [0.1, 0.15) is 41.1 Å². The third kappa shape index (κ3) is 2.85. The Morgan fingerprint density at radius 2 is 1.65 bits per heavy atom. The fourth-order valence-electron chi connectivity index (χ4n) is 2.88. The van der Waals surface area contributed by atoms with Gasteiger partial charge in [0.25, 0.3) is 0 Å². The van der Waals surface area contributed by atoms with Crippen molar-refractivity contribution >= 4 is 31.9 Å². The number of aryl methyl sites for hydroxylation is 2. The Bertz CT molecular complexity index is 637. The summed E-state index contributed by atoms with van der Waals surface area (Å²) in [4.78, 5) is 0. The molecule has 0 aliphatic heterocycles. The lowest BCUT2D eigenvalue weighted by Gasteiger charge is -2.20. The molecule has 2 N–H and O–H groups in total. The molecule has 0 saturated heterocycles. The highest BCUT2D eigenvalue weighted by atomic mass is 79.9. The minimum Gasteiger partial charge on any atom is -0.320 e.